The molecule has 2 aliphatic carbocycles. The standard InChI is InChI=1S/C20H30O/c1-6-8-18-15(4)19(13-14(3)7-2)20(16(18)5)11-9-17(21)10-12-20/h13-14H,4,6-12H2,1-3,5H3/b19-13+. The molecule has 1 atom stereocenters. The van der Waals surface area contributed by atoms with E-state index in [1.54, 1.807) is 0 Å². The SMILES string of the molecule is C=C1C(CCC)=C(C)C2(CCC(=O)CC2)/C1=C/C(C)CC. The molecule has 1 unspecified atom stereocenters. The minimum absolute atomic E-state index is 0.124. The third-order valence-electron chi connectivity index (χ3n) is 5.63. The Morgan fingerprint density at radius 3 is 2.43 bits per heavy atom. The molecule has 0 radical (unpaired) electrons. The summed E-state index contributed by atoms with van der Waals surface area (Å²) in [6.07, 6.45) is 9.36. The molecule has 2 aliphatic rings. The van der Waals surface area contributed by atoms with E-state index < -0.39 is 0 Å². The van der Waals surface area contributed by atoms with Crippen molar-refractivity contribution >= 4 is 5.78 Å². The van der Waals surface area contributed by atoms with Gasteiger partial charge in [-0.3, -0.25) is 4.79 Å². The molecule has 0 amide bonds. The Balaban J connectivity index is 2.47. The third-order valence-corrected chi connectivity index (χ3v) is 5.63. The minimum Gasteiger partial charge on any atom is -0.300 e. The number of carbonyl (C=O) groups excluding carboxylic acids is 1. The minimum atomic E-state index is 0.124. The molecule has 0 aromatic heterocycles. The van der Waals surface area contributed by atoms with Crippen molar-refractivity contribution in [3.05, 3.63) is 34.9 Å². The molecule has 0 bridgehead atoms. The van der Waals surface area contributed by atoms with Crippen LogP contribution in [0.25, 0.3) is 0 Å². The van der Waals surface area contributed by atoms with Crippen LogP contribution in [0.4, 0.5) is 0 Å². The van der Waals surface area contributed by atoms with Crippen molar-refractivity contribution in [3.8, 4) is 0 Å². The average Bonchev–Trinajstić information content (AvgIpc) is 2.66. The van der Waals surface area contributed by atoms with Crippen LogP contribution in [0, 0.1) is 11.3 Å². The lowest BCUT2D eigenvalue weighted by atomic mass is 9.66. The van der Waals surface area contributed by atoms with Crippen molar-refractivity contribution in [1.29, 1.82) is 0 Å². The van der Waals surface area contributed by atoms with Gasteiger partial charge in [-0.1, -0.05) is 51.8 Å². The van der Waals surface area contributed by atoms with Crippen molar-refractivity contribution in [2.75, 3.05) is 0 Å². The predicted molar refractivity (Wildman–Crippen MR) is 90.2 cm³/mol. The van der Waals surface area contributed by atoms with Crippen LogP contribution in [0.15, 0.2) is 34.9 Å². The van der Waals surface area contributed by atoms with Gasteiger partial charge in [0.05, 0.1) is 0 Å². The smallest absolute Gasteiger partial charge is 0.133 e. The van der Waals surface area contributed by atoms with Crippen LogP contribution < -0.4 is 0 Å². The van der Waals surface area contributed by atoms with Crippen molar-refractivity contribution < 1.29 is 4.79 Å². The molecular formula is C20H30O. The summed E-state index contributed by atoms with van der Waals surface area (Å²) in [4.78, 5) is 11.7. The van der Waals surface area contributed by atoms with Gasteiger partial charge in [-0.15, -0.1) is 0 Å². The van der Waals surface area contributed by atoms with Gasteiger partial charge in [0.25, 0.3) is 0 Å². The first kappa shape index (κ1) is 16.3. The van der Waals surface area contributed by atoms with Gasteiger partial charge in [0.15, 0.2) is 0 Å². The molecule has 0 N–H and O–H groups in total. The Bertz CT molecular complexity index is 494. The fourth-order valence-electron chi connectivity index (χ4n) is 4.02. The first-order chi connectivity index (χ1) is 9.96. The molecule has 1 spiro atoms. The van der Waals surface area contributed by atoms with Crippen molar-refractivity contribution in [2.45, 2.75) is 72.6 Å². The lowest BCUT2D eigenvalue weighted by molar-refractivity contribution is -0.121. The maximum Gasteiger partial charge on any atom is 0.133 e. The van der Waals surface area contributed by atoms with Gasteiger partial charge in [-0.2, -0.15) is 0 Å². The van der Waals surface area contributed by atoms with Crippen LogP contribution in [0.5, 0.6) is 0 Å². The molecule has 0 aliphatic heterocycles. The van der Waals surface area contributed by atoms with Crippen LogP contribution in [0.2, 0.25) is 0 Å². The summed E-state index contributed by atoms with van der Waals surface area (Å²) < 4.78 is 0. The van der Waals surface area contributed by atoms with Crippen LogP contribution in [0.3, 0.4) is 0 Å². The summed E-state index contributed by atoms with van der Waals surface area (Å²) in [7, 11) is 0. The number of hydrogen-bond donors (Lipinski definition) is 0. The van der Waals surface area contributed by atoms with Crippen LogP contribution in [-0.4, -0.2) is 5.78 Å². The largest absolute Gasteiger partial charge is 0.300 e. The van der Waals surface area contributed by atoms with Crippen LogP contribution in [-0.2, 0) is 4.79 Å². The van der Waals surface area contributed by atoms with E-state index in [-0.39, 0.29) is 5.41 Å². The fourth-order valence-corrected chi connectivity index (χ4v) is 4.02. The zero-order valence-electron chi connectivity index (χ0n) is 14.2. The van der Waals surface area contributed by atoms with Gasteiger partial charge in [0.2, 0.25) is 0 Å². The van der Waals surface area contributed by atoms with Gasteiger partial charge in [0.1, 0.15) is 5.78 Å². The fraction of sp³-hybridized carbons (Fsp3) is 0.650. The molecule has 1 saturated carbocycles. The molecule has 0 aromatic rings. The number of hydrogen-bond acceptors (Lipinski definition) is 1. The van der Waals surface area contributed by atoms with Crippen molar-refractivity contribution in [2.24, 2.45) is 11.3 Å². The Morgan fingerprint density at radius 2 is 1.90 bits per heavy atom. The first-order valence-corrected chi connectivity index (χ1v) is 8.60. The molecule has 2 rings (SSSR count). The summed E-state index contributed by atoms with van der Waals surface area (Å²) in [5.41, 5.74) is 5.82. The number of rotatable bonds is 4. The quantitative estimate of drug-likeness (QED) is 0.640. The summed E-state index contributed by atoms with van der Waals surface area (Å²) in [5.74, 6) is 1.02. The second-order valence-electron chi connectivity index (χ2n) is 6.92. The van der Waals surface area contributed by atoms with Gasteiger partial charge >= 0.3 is 0 Å². The van der Waals surface area contributed by atoms with Gasteiger partial charge in [-0.25, -0.2) is 0 Å². The molecule has 0 aromatic carbocycles. The second kappa shape index (κ2) is 6.34. The molecule has 116 valence electrons. The summed E-state index contributed by atoms with van der Waals surface area (Å²) in [6, 6.07) is 0. The van der Waals surface area contributed by atoms with Crippen molar-refractivity contribution in [1.82, 2.24) is 0 Å². The van der Waals surface area contributed by atoms with E-state index in [0.717, 1.165) is 44.9 Å². The maximum absolute atomic E-state index is 11.7. The highest BCUT2D eigenvalue weighted by atomic mass is 16.1. The highest BCUT2D eigenvalue weighted by Crippen LogP contribution is 2.57. The number of carbonyl (C=O) groups is 1. The molecular weight excluding hydrogens is 256 g/mol. The topological polar surface area (TPSA) is 17.1 Å². The zero-order chi connectivity index (χ0) is 15.6. The van der Waals surface area contributed by atoms with E-state index >= 15 is 0 Å². The van der Waals surface area contributed by atoms with E-state index in [1.165, 1.54) is 22.3 Å². The predicted octanol–water partition coefficient (Wildman–Crippen LogP) is 5.77. The third kappa shape index (κ3) is 2.80. The van der Waals surface area contributed by atoms with E-state index in [4.69, 9.17) is 0 Å². The molecule has 1 heteroatoms. The van der Waals surface area contributed by atoms with Gasteiger partial charge in [-0.05, 0) is 48.8 Å². The zero-order valence-corrected chi connectivity index (χ0v) is 14.2. The number of allylic oxidation sites excluding steroid dienone is 5. The monoisotopic (exact) mass is 286 g/mol. The average molecular weight is 286 g/mol. The lowest BCUT2D eigenvalue weighted by Crippen LogP contribution is -2.29. The molecule has 0 heterocycles. The highest BCUT2D eigenvalue weighted by Gasteiger charge is 2.46. The van der Waals surface area contributed by atoms with Gasteiger partial charge in [0, 0.05) is 18.3 Å². The van der Waals surface area contributed by atoms with E-state index in [2.05, 4.69) is 40.3 Å². The normalized spacial score (nSPS) is 25.2. The summed E-state index contributed by atoms with van der Waals surface area (Å²) >= 11 is 0. The molecule has 1 fully saturated rings. The van der Waals surface area contributed by atoms with Crippen LogP contribution in [0.1, 0.15) is 72.6 Å². The Hall–Kier alpha value is -1.11. The molecule has 21 heavy (non-hydrogen) atoms. The summed E-state index contributed by atoms with van der Waals surface area (Å²) in [6.45, 7) is 13.5. The Kier molecular flexibility index (Phi) is 4.91. The molecule has 0 saturated heterocycles. The Labute approximate surface area is 130 Å². The number of ketones is 1. The van der Waals surface area contributed by atoms with Gasteiger partial charge < -0.3 is 0 Å². The lowest BCUT2D eigenvalue weighted by Gasteiger charge is -2.37. The Morgan fingerprint density at radius 1 is 1.29 bits per heavy atom. The highest BCUT2D eigenvalue weighted by molar-refractivity contribution is 5.80. The van der Waals surface area contributed by atoms with E-state index in [1.807, 2.05) is 0 Å². The summed E-state index contributed by atoms with van der Waals surface area (Å²) in [5, 5.41) is 0. The number of Topliss-reactive ketones (excluding diaryl/α,β-unsaturated/α-hetero) is 1. The van der Waals surface area contributed by atoms with E-state index in [9.17, 15) is 4.79 Å². The van der Waals surface area contributed by atoms with Crippen LogP contribution >= 0.6 is 0 Å². The maximum atomic E-state index is 11.7. The van der Waals surface area contributed by atoms with Crippen molar-refractivity contribution in [3.63, 3.8) is 0 Å². The second-order valence-corrected chi connectivity index (χ2v) is 6.92. The van der Waals surface area contributed by atoms with E-state index in [0.29, 0.717) is 11.7 Å². The molecule has 1 nitrogen and oxygen atoms in total. The first-order valence-electron chi connectivity index (χ1n) is 8.60.